The molecule has 0 aliphatic carbocycles. The normalized spacial score (nSPS) is 12.7. The topological polar surface area (TPSA) is 12.0 Å². The van der Waals surface area contributed by atoms with E-state index < -0.39 is 0 Å². The largest absolute Gasteiger partial charge is 0.309 e. The van der Waals surface area contributed by atoms with E-state index in [1.165, 1.54) is 22.6 Å². The molecule has 0 saturated heterocycles. The molecule has 0 spiro atoms. The zero-order valence-electron chi connectivity index (χ0n) is 9.92. The lowest BCUT2D eigenvalue weighted by Crippen LogP contribution is -2.21. The molecule has 2 heteroatoms. The fraction of sp³-hybridized carbons (Fsp3) is 0.538. The standard InChI is InChI=1S/C13H21NS/c1-4-15-10-9-14-12(3)13-7-5-11(2)6-8-13/h5-8,12,14H,4,9-10H2,1-3H3/t12-/m0/s1. The molecule has 0 unspecified atom stereocenters. The van der Waals surface area contributed by atoms with Gasteiger partial charge in [-0.25, -0.2) is 0 Å². The molecule has 84 valence electrons. The van der Waals surface area contributed by atoms with Crippen molar-refractivity contribution in [3.8, 4) is 0 Å². The van der Waals surface area contributed by atoms with Gasteiger partial charge >= 0.3 is 0 Å². The van der Waals surface area contributed by atoms with E-state index in [0.717, 1.165) is 6.54 Å². The van der Waals surface area contributed by atoms with Gasteiger partial charge in [0.15, 0.2) is 0 Å². The summed E-state index contributed by atoms with van der Waals surface area (Å²) in [6.45, 7) is 7.64. The van der Waals surface area contributed by atoms with Gasteiger partial charge in [0, 0.05) is 18.3 Å². The minimum Gasteiger partial charge on any atom is -0.309 e. The highest BCUT2D eigenvalue weighted by Gasteiger charge is 2.02. The second-order valence-corrected chi connectivity index (χ2v) is 5.18. The summed E-state index contributed by atoms with van der Waals surface area (Å²) < 4.78 is 0. The van der Waals surface area contributed by atoms with E-state index in [0.29, 0.717) is 6.04 Å². The van der Waals surface area contributed by atoms with Crippen molar-refractivity contribution >= 4 is 11.8 Å². The molecule has 0 fully saturated rings. The first kappa shape index (κ1) is 12.6. The van der Waals surface area contributed by atoms with Crippen LogP contribution in [0.2, 0.25) is 0 Å². The number of hydrogen-bond donors (Lipinski definition) is 1. The summed E-state index contributed by atoms with van der Waals surface area (Å²) in [5, 5.41) is 3.53. The van der Waals surface area contributed by atoms with Crippen molar-refractivity contribution in [3.63, 3.8) is 0 Å². The van der Waals surface area contributed by atoms with Crippen LogP contribution in [-0.4, -0.2) is 18.1 Å². The van der Waals surface area contributed by atoms with Crippen LogP contribution in [0.15, 0.2) is 24.3 Å². The van der Waals surface area contributed by atoms with Crippen LogP contribution in [-0.2, 0) is 0 Å². The smallest absolute Gasteiger partial charge is 0.0292 e. The van der Waals surface area contributed by atoms with E-state index in [4.69, 9.17) is 0 Å². The highest BCUT2D eigenvalue weighted by atomic mass is 32.2. The monoisotopic (exact) mass is 223 g/mol. The molecule has 0 aromatic heterocycles. The van der Waals surface area contributed by atoms with Crippen molar-refractivity contribution < 1.29 is 0 Å². The number of aryl methyl sites for hydroxylation is 1. The van der Waals surface area contributed by atoms with Gasteiger partial charge in [-0.05, 0) is 25.2 Å². The van der Waals surface area contributed by atoms with Crippen molar-refractivity contribution in [2.24, 2.45) is 0 Å². The van der Waals surface area contributed by atoms with Crippen molar-refractivity contribution in [2.75, 3.05) is 18.1 Å². The SMILES string of the molecule is CCSCCN[C@@H](C)c1ccc(C)cc1. The van der Waals surface area contributed by atoms with Crippen molar-refractivity contribution in [1.29, 1.82) is 0 Å². The molecule has 0 aliphatic heterocycles. The molecule has 0 amide bonds. The van der Waals surface area contributed by atoms with E-state index in [1.54, 1.807) is 0 Å². The Hall–Kier alpha value is -0.470. The molecular weight excluding hydrogens is 202 g/mol. The van der Waals surface area contributed by atoms with Crippen LogP contribution in [0.4, 0.5) is 0 Å². The number of thioether (sulfide) groups is 1. The average Bonchev–Trinajstić information content (AvgIpc) is 2.25. The van der Waals surface area contributed by atoms with Gasteiger partial charge in [0.25, 0.3) is 0 Å². The summed E-state index contributed by atoms with van der Waals surface area (Å²) in [5.74, 6) is 2.41. The van der Waals surface area contributed by atoms with E-state index in [-0.39, 0.29) is 0 Å². The van der Waals surface area contributed by atoms with Crippen molar-refractivity contribution in [2.45, 2.75) is 26.8 Å². The number of rotatable bonds is 6. The summed E-state index contributed by atoms with van der Waals surface area (Å²) in [5.41, 5.74) is 2.70. The number of nitrogens with one attached hydrogen (secondary N) is 1. The second kappa shape index (κ2) is 6.91. The van der Waals surface area contributed by atoms with Gasteiger partial charge in [-0.15, -0.1) is 0 Å². The molecule has 1 N–H and O–H groups in total. The fourth-order valence-corrected chi connectivity index (χ4v) is 2.02. The number of hydrogen-bond acceptors (Lipinski definition) is 2. The van der Waals surface area contributed by atoms with Crippen LogP contribution in [0.25, 0.3) is 0 Å². The molecule has 1 aromatic carbocycles. The molecule has 0 heterocycles. The third-order valence-electron chi connectivity index (χ3n) is 2.48. The maximum absolute atomic E-state index is 3.53. The number of benzene rings is 1. The van der Waals surface area contributed by atoms with E-state index >= 15 is 0 Å². The van der Waals surface area contributed by atoms with E-state index in [9.17, 15) is 0 Å². The Kier molecular flexibility index (Phi) is 5.81. The first-order valence-electron chi connectivity index (χ1n) is 5.61. The summed E-state index contributed by atoms with van der Waals surface area (Å²) in [7, 11) is 0. The van der Waals surface area contributed by atoms with Crippen LogP contribution in [0, 0.1) is 6.92 Å². The Morgan fingerprint density at radius 1 is 1.27 bits per heavy atom. The van der Waals surface area contributed by atoms with Crippen LogP contribution < -0.4 is 5.32 Å². The predicted molar refractivity (Wildman–Crippen MR) is 70.6 cm³/mol. The first-order valence-corrected chi connectivity index (χ1v) is 6.77. The lowest BCUT2D eigenvalue weighted by Gasteiger charge is -2.14. The third kappa shape index (κ3) is 4.72. The third-order valence-corrected chi connectivity index (χ3v) is 3.38. The van der Waals surface area contributed by atoms with Crippen LogP contribution in [0.3, 0.4) is 0 Å². The fourth-order valence-electron chi connectivity index (χ4n) is 1.46. The Labute approximate surface area is 97.7 Å². The molecule has 0 bridgehead atoms. The molecule has 1 atom stereocenters. The molecule has 15 heavy (non-hydrogen) atoms. The van der Waals surface area contributed by atoms with Gasteiger partial charge in [0.2, 0.25) is 0 Å². The summed E-state index contributed by atoms with van der Waals surface area (Å²) in [4.78, 5) is 0. The van der Waals surface area contributed by atoms with Gasteiger partial charge in [-0.2, -0.15) is 11.8 Å². The van der Waals surface area contributed by atoms with E-state index in [2.05, 4.69) is 50.4 Å². The summed E-state index contributed by atoms with van der Waals surface area (Å²) >= 11 is 1.99. The van der Waals surface area contributed by atoms with E-state index in [1.807, 2.05) is 11.8 Å². The van der Waals surface area contributed by atoms with Gasteiger partial charge in [-0.3, -0.25) is 0 Å². The van der Waals surface area contributed by atoms with Gasteiger partial charge in [0.1, 0.15) is 0 Å². The van der Waals surface area contributed by atoms with Gasteiger partial charge < -0.3 is 5.32 Å². The highest BCUT2D eigenvalue weighted by Crippen LogP contribution is 2.12. The van der Waals surface area contributed by atoms with Crippen molar-refractivity contribution in [3.05, 3.63) is 35.4 Å². The maximum atomic E-state index is 3.53. The molecule has 0 radical (unpaired) electrons. The minimum absolute atomic E-state index is 0.461. The summed E-state index contributed by atoms with van der Waals surface area (Å²) in [6.07, 6.45) is 0. The molecule has 1 aromatic rings. The average molecular weight is 223 g/mol. The predicted octanol–water partition coefficient (Wildman–Crippen LogP) is 3.40. The van der Waals surface area contributed by atoms with Crippen LogP contribution in [0.5, 0.6) is 0 Å². The van der Waals surface area contributed by atoms with Gasteiger partial charge in [0.05, 0.1) is 0 Å². The lowest BCUT2D eigenvalue weighted by atomic mass is 10.1. The summed E-state index contributed by atoms with van der Waals surface area (Å²) in [6, 6.07) is 9.23. The lowest BCUT2D eigenvalue weighted by molar-refractivity contribution is 0.601. The Morgan fingerprint density at radius 2 is 1.93 bits per heavy atom. The first-order chi connectivity index (χ1) is 7.24. The quantitative estimate of drug-likeness (QED) is 0.742. The Bertz CT molecular complexity index is 268. The molecule has 0 saturated carbocycles. The highest BCUT2D eigenvalue weighted by molar-refractivity contribution is 7.99. The molecule has 1 rings (SSSR count). The molecule has 0 aliphatic rings. The minimum atomic E-state index is 0.461. The second-order valence-electron chi connectivity index (χ2n) is 3.78. The molecule has 1 nitrogen and oxygen atoms in total. The maximum Gasteiger partial charge on any atom is 0.0292 e. The zero-order valence-corrected chi connectivity index (χ0v) is 10.7. The van der Waals surface area contributed by atoms with Crippen molar-refractivity contribution in [1.82, 2.24) is 5.32 Å². The Balaban J connectivity index is 2.33. The zero-order chi connectivity index (χ0) is 11.1. The Morgan fingerprint density at radius 3 is 2.53 bits per heavy atom. The molecular formula is C13H21NS. The van der Waals surface area contributed by atoms with Gasteiger partial charge in [-0.1, -0.05) is 36.8 Å². The van der Waals surface area contributed by atoms with Crippen LogP contribution >= 0.6 is 11.8 Å². The van der Waals surface area contributed by atoms with Crippen LogP contribution in [0.1, 0.15) is 31.0 Å².